The number of thiocarbonyl (C=S) groups is 1. The largest absolute Gasteiger partial charge is 0.393 e. The second-order valence-corrected chi connectivity index (χ2v) is 8.11. The average Bonchev–Trinajstić information content (AvgIpc) is 2.34. The van der Waals surface area contributed by atoms with E-state index in [4.69, 9.17) is 18.0 Å². The Bertz CT molecular complexity index is 542. The molecular weight excluding hydrogens is 302 g/mol. The smallest absolute Gasteiger partial charge is 0.258 e. The van der Waals surface area contributed by atoms with Gasteiger partial charge in [0, 0.05) is 33.0 Å². The van der Waals surface area contributed by atoms with Crippen LogP contribution in [-0.2, 0) is 19.6 Å². The van der Waals surface area contributed by atoms with E-state index in [9.17, 15) is 18.0 Å². The quantitative estimate of drug-likeness (QED) is 0.660. The molecule has 1 fully saturated rings. The summed E-state index contributed by atoms with van der Waals surface area (Å²) in [6.45, 7) is 2.97. The van der Waals surface area contributed by atoms with Crippen LogP contribution >= 0.6 is 12.2 Å². The fourth-order valence-corrected chi connectivity index (χ4v) is 3.39. The Morgan fingerprint density at radius 3 is 2.40 bits per heavy atom. The molecule has 2 amide bonds. The Kier molecular flexibility index (Phi) is 4.75. The number of hydrogen-bond acceptors (Lipinski definition) is 5. The lowest BCUT2D eigenvalue weighted by molar-refractivity contribution is -0.133. The average molecular weight is 321 g/mol. The van der Waals surface area contributed by atoms with Crippen molar-refractivity contribution < 1.29 is 18.0 Å². The maximum atomic E-state index is 11.8. The summed E-state index contributed by atoms with van der Waals surface area (Å²) >= 11 is 4.71. The molecule has 0 radical (unpaired) electrons. The van der Waals surface area contributed by atoms with Gasteiger partial charge >= 0.3 is 0 Å². The predicted molar refractivity (Wildman–Crippen MR) is 78.4 cm³/mol. The highest BCUT2D eigenvalue weighted by molar-refractivity contribution is 7.94. The molecule has 114 valence electrons. The zero-order valence-corrected chi connectivity index (χ0v) is 13.4. The molecule has 0 aliphatic carbocycles. The van der Waals surface area contributed by atoms with Crippen molar-refractivity contribution in [2.45, 2.75) is 31.4 Å². The lowest BCUT2D eigenvalue weighted by Gasteiger charge is -2.43. The number of rotatable bonds is 6. The van der Waals surface area contributed by atoms with Crippen LogP contribution in [0.5, 0.6) is 0 Å². The molecule has 0 bridgehead atoms. The molecule has 1 saturated heterocycles. The van der Waals surface area contributed by atoms with Crippen molar-refractivity contribution >= 4 is 39.0 Å². The molecule has 1 aliphatic heterocycles. The summed E-state index contributed by atoms with van der Waals surface area (Å²) in [5, 5.41) is 0. The number of nitrogens with zero attached hydrogens (tertiary/aromatic N) is 2. The van der Waals surface area contributed by atoms with E-state index in [-0.39, 0.29) is 18.9 Å². The first-order valence-corrected chi connectivity index (χ1v) is 7.95. The second-order valence-electron chi connectivity index (χ2n) is 5.17. The topological polar surface area (TPSA) is 101 Å². The van der Waals surface area contributed by atoms with Crippen molar-refractivity contribution in [3.8, 4) is 0 Å². The van der Waals surface area contributed by atoms with Crippen LogP contribution in [-0.4, -0.2) is 59.3 Å². The minimum atomic E-state index is -3.62. The van der Waals surface area contributed by atoms with Gasteiger partial charge in [-0.2, -0.15) is 0 Å². The van der Waals surface area contributed by atoms with Gasteiger partial charge in [0.05, 0.1) is 4.99 Å². The lowest BCUT2D eigenvalue weighted by atomic mass is 10.2. The van der Waals surface area contributed by atoms with Crippen LogP contribution in [0.4, 0.5) is 0 Å². The zero-order chi connectivity index (χ0) is 15.7. The van der Waals surface area contributed by atoms with Crippen molar-refractivity contribution in [2.24, 2.45) is 5.73 Å². The van der Waals surface area contributed by atoms with Crippen LogP contribution < -0.4 is 5.73 Å². The Labute approximate surface area is 124 Å². The van der Waals surface area contributed by atoms with E-state index in [1.54, 1.807) is 7.05 Å². The first kappa shape index (κ1) is 16.8. The maximum Gasteiger partial charge on any atom is 0.258 e. The number of nitrogens with two attached hydrogens (primary N) is 1. The van der Waals surface area contributed by atoms with Gasteiger partial charge in [0.25, 0.3) is 15.9 Å². The third kappa shape index (κ3) is 2.93. The van der Waals surface area contributed by atoms with Crippen molar-refractivity contribution in [3.63, 3.8) is 0 Å². The third-order valence-electron chi connectivity index (χ3n) is 3.32. The Hall–Kier alpha value is -1.22. The van der Waals surface area contributed by atoms with Gasteiger partial charge in [-0.1, -0.05) is 12.2 Å². The van der Waals surface area contributed by atoms with Crippen molar-refractivity contribution in [1.29, 1.82) is 0 Å². The number of carbonyl (C=O) groups is 2. The predicted octanol–water partition coefficient (Wildman–Crippen LogP) is -0.538. The number of sulfonamides is 1. The number of amides is 2. The maximum absolute atomic E-state index is 11.8. The summed E-state index contributed by atoms with van der Waals surface area (Å²) in [6, 6.07) is 0. The van der Waals surface area contributed by atoms with E-state index in [1.807, 2.05) is 0 Å². The van der Waals surface area contributed by atoms with Gasteiger partial charge in [-0.25, -0.2) is 12.7 Å². The summed E-state index contributed by atoms with van der Waals surface area (Å²) < 4.78 is 23.0. The van der Waals surface area contributed by atoms with Crippen molar-refractivity contribution in [2.75, 3.05) is 20.1 Å². The van der Waals surface area contributed by atoms with E-state index >= 15 is 0 Å². The fourth-order valence-electron chi connectivity index (χ4n) is 1.77. The Morgan fingerprint density at radius 1 is 1.40 bits per heavy atom. The molecule has 0 aromatic rings. The van der Waals surface area contributed by atoms with Crippen LogP contribution in [0.25, 0.3) is 0 Å². The molecule has 0 unspecified atom stereocenters. The van der Waals surface area contributed by atoms with Crippen LogP contribution in [0.15, 0.2) is 0 Å². The Morgan fingerprint density at radius 2 is 1.95 bits per heavy atom. The van der Waals surface area contributed by atoms with Crippen molar-refractivity contribution in [3.05, 3.63) is 0 Å². The standard InChI is InChI=1S/C11H19N3O4S2/c1-11(2)10(16)14(20(11,17)18)7-5-9(15)13(3)6-4-8(12)19/h4-7H2,1-3H3,(H2,12,19). The van der Waals surface area contributed by atoms with E-state index in [0.717, 1.165) is 4.31 Å². The van der Waals surface area contributed by atoms with Gasteiger partial charge in [-0.05, 0) is 13.8 Å². The molecular formula is C11H19N3O4S2. The summed E-state index contributed by atoms with van der Waals surface area (Å²) in [5.41, 5.74) is 5.34. The van der Waals surface area contributed by atoms with Crippen LogP contribution in [0.2, 0.25) is 0 Å². The van der Waals surface area contributed by atoms with Crippen molar-refractivity contribution in [1.82, 2.24) is 9.21 Å². The molecule has 9 heteroatoms. The number of carbonyl (C=O) groups excluding carboxylic acids is 2. The molecule has 0 aromatic carbocycles. The summed E-state index contributed by atoms with van der Waals surface area (Å²) in [4.78, 5) is 25.2. The SMILES string of the molecule is CN(CCC(N)=S)C(=O)CCN1C(=O)C(C)(C)S1(=O)=O. The minimum absolute atomic E-state index is 0.0467. The first-order chi connectivity index (χ1) is 9.01. The van der Waals surface area contributed by atoms with Gasteiger partial charge in [-0.3, -0.25) is 9.59 Å². The summed E-state index contributed by atoms with van der Waals surface area (Å²) in [7, 11) is -2.04. The second kappa shape index (κ2) is 5.65. The van der Waals surface area contributed by atoms with Gasteiger partial charge in [0.2, 0.25) is 5.91 Å². The van der Waals surface area contributed by atoms with Gasteiger partial charge in [-0.15, -0.1) is 0 Å². The normalized spacial score (nSPS) is 19.4. The molecule has 2 N–H and O–H groups in total. The first-order valence-electron chi connectivity index (χ1n) is 6.11. The summed E-state index contributed by atoms with van der Waals surface area (Å²) in [5.74, 6) is -0.731. The van der Waals surface area contributed by atoms with E-state index in [0.29, 0.717) is 18.0 Å². The zero-order valence-electron chi connectivity index (χ0n) is 11.7. The van der Waals surface area contributed by atoms with Gasteiger partial charge in [0.15, 0.2) is 4.75 Å². The molecule has 20 heavy (non-hydrogen) atoms. The van der Waals surface area contributed by atoms with Crippen LogP contribution in [0.3, 0.4) is 0 Å². The molecule has 0 atom stereocenters. The fraction of sp³-hybridized carbons (Fsp3) is 0.727. The molecule has 0 saturated carbocycles. The minimum Gasteiger partial charge on any atom is -0.393 e. The van der Waals surface area contributed by atoms with E-state index in [1.165, 1.54) is 18.7 Å². The molecule has 1 rings (SSSR count). The summed E-state index contributed by atoms with van der Waals surface area (Å²) in [6.07, 6.45) is 0.362. The highest BCUT2D eigenvalue weighted by Gasteiger charge is 2.59. The van der Waals surface area contributed by atoms with Crippen LogP contribution in [0, 0.1) is 0 Å². The molecule has 1 heterocycles. The monoisotopic (exact) mass is 321 g/mol. The van der Waals surface area contributed by atoms with Crippen LogP contribution in [0.1, 0.15) is 26.7 Å². The lowest BCUT2D eigenvalue weighted by Crippen LogP contribution is -2.67. The highest BCUT2D eigenvalue weighted by Crippen LogP contribution is 2.34. The van der Waals surface area contributed by atoms with E-state index in [2.05, 4.69) is 0 Å². The molecule has 0 aromatic heterocycles. The van der Waals surface area contributed by atoms with E-state index < -0.39 is 20.7 Å². The van der Waals surface area contributed by atoms with Gasteiger partial charge < -0.3 is 10.6 Å². The molecule has 0 spiro atoms. The van der Waals surface area contributed by atoms with Gasteiger partial charge in [0.1, 0.15) is 0 Å². The number of hydrogen-bond donors (Lipinski definition) is 1. The Balaban J connectivity index is 2.51. The molecule has 1 aliphatic rings. The highest BCUT2D eigenvalue weighted by atomic mass is 32.2. The third-order valence-corrected chi connectivity index (χ3v) is 5.92. The molecule has 7 nitrogen and oxygen atoms in total.